The topological polar surface area (TPSA) is 211 Å². The SMILES string of the molecule is CC(O)C(N)C(=O)NC(CO)C(=O)NCC(=O)NC(CO)C(=O)O. The molecule has 0 saturated carbocycles. The normalized spacial score (nSPS) is 15.5. The van der Waals surface area contributed by atoms with E-state index in [0.717, 1.165) is 0 Å². The average Bonchev–Trinajstić information content (AvgIpc) is 2.53. The second-order valence-electron chi connectivity index (χ2n) is 4.87. The fraction of sp³-hybridized carbons (Fsp3) is 0.667. The molecule has 0 aliphatic carbocycles. The Morgan fingerprint density at radius 3 is 1.96 bits per heavy atom. The van der Waals surface area contributed by atoms with Crippen molar-refractivity contribution in [3.8, 4) is 0 Å². The first-order valence-electron chi connectivity index (χ1n) is 6.89. The second-order valence-corrected chi connectivity index (χ2v) is 4.87. The lowest BCUT2D eigenvalue weighted by molar-refractivity contribution is -0.142. The lowest BCUT2D eigenvalue weighted by Crippen LogP contribution is -2.56. The minimum Gasteiger partial charge on any atom is -0.480 e. The minimum absolute atomic E-state index is 0.641. The van der Waals surface area contributed by atoms with Gasteiger partial charge in [0.2, 0.25) is 17.7 Å². The van der Waals surface area contributed by atoms with Gasteiger partial charge in [0.15, 0.2) is 0 Å². The van der Waals surface area contributed by atoms with Crippen molar-refractivity contribution < 1.29 is 39.6 Å². The number of aliphatic carboxylic acids is 1. The Kier molecular flexibility index (Phi) is 9.49. The van der Waals surface area contributed by atoms with Crippen molar-refractivity contribution in [1.29, 1.82) is 0 Å². The van der Waals surface area contributed by atoms with E-state index >= 15 is 0 Å². The van der Waals surface area contributed by atoms with Crippen molar-refractivity contribution in [3.05, 3.63) is 0 Å². The van der Waals surface area contributed by atoms with E-state index < -0.39 is 67.7 Å². The Hall–Kier alpha value is -2.28. The number of amides is 3. The van der Waals surface area contributed by atoms with Crippen LogP contribution in [-0.4, -0.2) is 88.1 Å². The first-order chi connectivity index (χ1) is 11.1. The van der Waals surface area contributed by atoms with Crippen LogP contribution in [0.1, 0.15) is 6.92 Å². The fourth-order valence-corrected chi connectivity index (χ4v) is 1.40. The summed E-state index contributed by atoms with van der Waals surface area (Å²) in [5, 5.41) is 41.8. The van der Waals surface area contributed by atoms with Gasteiger partial charge in [-0.3, -0.25) is 14.4 Å². The molecule has 9 N–H and O–H groups in total. The molecule has 0 aromatic heterocycles. The van der Waals surface area contributed by atoms with Crippen molar-refractivity contribution in [1.82, 2.24) is 16.0 Å². The molecule has 4 unspecified atom stereocenters. The maximum Gasteiger partial charge on any atom is 0.328 e. The Morgan fingerprint density at radius 2 is 1.54 bits per heavy atom. The molecule has 0 heterocycles. The lowest BCUT2D eigenvalue weighted by Gasteiger charge is -2.20. The van der Waals surface area contributed by atoms with E-state index in [1.807, 2.05) is 5.32 Å². The van der Waals surface area contributed by atoms with Crippen LogP contribution >= 0.6 is 0 Å². The van der Waals surface area contributed by atoms with E-state index in [9.17, 15) is 24.3 Å². The molecule has 0 aliphatic rings. The number of nitrogens with two attached hydrogens (primary N) is 1. The van der Waals surface area contributed by atoms with E-state index in [0.29, 0.717) is 0 Å². The number of carboxylic acids is 1. The highest BCUT2D eigenvalue weighted by Crippen LogP contribution is 1.91. The summed E-state index contributed by atoms with van der Waals surface area (Å²) in [7, 11) is 0. The van der Waals surface area contributed by atoms with Crippen LogP contribution in [-0.2, 0) is 19.2 Å². The Morgan fingerprint density at radius 1 is 1.00 bits per heavy atom. The molecule has 4 atom stereocenters. The molecule has 0 rings (SSSR count). The zero-order valence-electron chi connectivity index (χ0n) is 12.9. The molecule has 12 nitrogen and oxygen atoms in total. The van der Waals surface area contributed by atoms with Crippen molar-refractivity contribution >= 4 is 23.7 Å². The lowest BCUT2D eigenvalue weighted by atomic mass is 10.1. The molecule has 0 spiro atoms. The quantitative estimate of drug-likeness (QED) is 0.189. The monoisotopic (exact) mass is 350 g/mol. The van der Waals surface area contributed by atoms with Crippen molar-refractivity contribution in [2.24, 2.45) is 5.73 Å². The van der Waals surface area contributed by atoms with Crippen LogP contribution in [0.25, 0.3) is 0 Å². The van der Waals surface area contributed by atoms with Gasteiger partial charge in [0, 0.05) is 0 Å². The van der Waals surface area contributed by atoms with Crippen LogP contribution in [0.5, 0.6) is 0 Å². The molecule has 0 aliphatic heterocycles. The van der Waals surface area contributed by atoms with Crippen LogP contribution in [0.3, 0.4) is 0 Å². The van der Waals surface area contributed by atoms with Gasteiger partial charge in [0.1, 0.15) is 18.1 Å². The predicted octanol–water partition coefficient (Wildman–Crippen LogP) is -5.15. The summed E-state index contributed by atoms with van der Waals surface area (Å²) >= 11 is 0. The number of rotatable bonds is 10. The number of hydrogen-bond acceptors (Lipinski definition) is 8. The molecule has 0 fully saturated rings. The Balaban J connectivity index is 4.48. The van der Waals surface area contributed by atoms with Crippen LogP contribution in [0.2, 0.25) is 0 Å². The van der Waals surface area contributed by atoms with E-state index in [1.54, 1.807) is 0 Å². The van der Waals surface area contributed by atoms with Gasteiger partial charge in [-0.25, -0.2) is 4.79 Å². The van der Waals surface area contributed by atoms with Gasteiger partial charge < -0.3 is 42.1 Å². The highest BCUT2D eigenvalue weighted by atomic mass is 16.4. The van der Waals surface area contributed by atoms with Crippen molar-refractivity contribution in [3.63, 3.8) is 0 Å². The third-order valence-corrected chi connectivity index (χ3v) is 2.88. The molecule has 0 aromatic carbocycles. The standard InChI is InChI=1S/C12H22N4O8/c1-5(19)9(13)11(22)16-6(3-17)10(21)14-2-8(20)15-7(4-18)12(23)24/h5-7,9,17-19H,2-4,13H2,1H3,(H,14,21)(H,15,20)(H,16,22)(H,23,24). The summed E-state index contributed by atoms with van der Waals surface area (Å²) in [4.78, 5) is 45.4. The molecule has 12 heteroatoms. The first kappa shape index (κ1) is 21.7. The van der Waals surface area contributed by atoms with Crippen LogP contribution < -0.4 is 21.7 Å². The smallest absolute Gasteiger partial charge is 0.328 e. The summed E-state index contributed by atoms with van der Waals surface area (Å²) in [6.45, 7) is -0.998. The molecule has 0 bridgehead atoms. The Labute approximate surface area is 137 Å². The molecule has 0 saturated heterocycles. The van der Waals surface area contributed by atoms with Crippen molar-refractivity contribution in [2.75, 3.05) is 19.8 Å². The van der Waals surface area contributed by atoms with Gasteiger partial charge in [0.05, 0.1) is 25.9 Å². The van der Waals surface area contributed by atoms with Gasteiger partial charge in [-0.15, -0.1) is 0 Å². The molecule has 0 radical (unpaired) electrons. The number of nitrogens with one attached hydrogen (secondary N) is 3. The second kappa shape index (κ2) is 10.5. The zero-order chi connectivity index (χ0) is 18.9. The summed E-state index contributed by atoms with van der Waals surface area (Å²) in [5.74, 6) is -4.15. The number of carbonyl (C=O) groups is 4. The number of aliphatic hydroxyl groups excluding tert-OH is 3. The molecule has 0 aromatic rings. The largest absolute Gasteiger partial charge is 0.480 e. The molecular weight excluding hydrogens is 328 g/mol. The maximum atomic E-state index is 11.8. The third-order valence-electron chi connectivity index (χ3n) is 2.88. The van der Waals surface area contributed by atoms with Gasteiger partial charge >= 0.3 is 5.97 Å². The van der Waals surface area contributed by atoms with Gasteiger partial charge in [-0.05, 0) is 6.92 Å². The highest BCUT2D eigenvalue weighted by Gasteiger charge is 2.26. The van der Waals surface area contributed by atoms with Crippen molar-refractivity contribution in [2.45, 2.75) is 31.2 Å². The van der Waals surface area contributed by atoms with Gasteiger partial charge in [-0.2, -0.15) is 0 Å². The summed E-state index contributed by atoms with van der Waals surface area (Å²) < 4.78 is 0. The third kappa shape index (κ3) is 7.32. The van der Waals surface area contributed by atoms with E-state index in [-0.39, 0.29) is 0 Å². The average molecular weight is 350 g/mol. The van der Waals surface area contributed by atoms with E-state index in [1.165, 1.54) is 6.92 Å². The minimum atomic E-state index is -1.52. The molecule has 138 valence electrons. The summed E-state index contributed by atoms with van der Waals surface area (Å²) in [6.07, 6.45) is -1.18. The van der Waals surface area contributed by atoms with Gasteiger partial charge in [-0.1, -0.05) is 0 Å². The summed E-state index contributed by atoms with van der Waals surface area (Å²) in [5.41, 5.74) is 5.37. The van der Waals surface area contributed by atoms with Gasteiger partial charge in [0.25, 0.3) is 0 Å². The van der Waals surface area contributed by atoms with E-state index in [2.05, 4.69) is 10.6 Å². The van der Waals surface area contributed by atoms with Crippen LogP contribution in [0.4, 0.5) is 0 Å². The molecule has 3 amide bonds. The molecule has 24 heavy (non-hydrogen) atoms. The number of carboxylic acid groups (broad SMARTS) is 1. The van der Waals surface area contributed by atoms with Crippen LogP contribution in [0.15, 0.2) is 0 Å². The number of carbonyl (C=O) groups excluding carboxylic acids is 3. The number of hydrogen-bond donors (Lipinski definition) is 8. The summed E-state index contributed by atoms with van der Waals surface area (Å²) in [6, 6.07) is -4.24. The first-order valence-corrected chi connectivity index (χ1v) is 6.89. The van der Waals surface area contributed by atoms with E-state index in [4.69, 9.17) is 21.1 Å². The zero-order valence-corrected chi connectivity index (χ0v) is 12.9. The maximum absolute atomic E-state index is 11.8. The van der Waals surface area contributed by atoms with Crippen LogP contribution in [0, 0.1) is 0 Å². The Bertz CT molecular complexity index is 470. The number of aliphatic hydroxyl groups is 3. The fourth-order valence-electron chi connectivity index (χ4n) is 1.40. The predicted molar refractivity (Wildman–Crippen MR) is 78.3 cm³/mol. The molecular formula is C12H22N4O8. The highest BCUT2D eigenvalue weighted by molar-refractivity contribution is 5.92.